The fourth-order valence-electron chi connectivity index (χ4n) is 1.45. The van der Waals surface area contributed by atoms with Gasteiger partial charge in [-0.3, -0.25) is 9.78 Å². The number of nitrogens with one attached hydrogen (secondary N) is 1. The predicted molar refractivity (Wildman–Crippen MR) is 74.4 cm³/mol. The number of pyridine rings is 1. The van der Waals surface area contributed by atoms with E-state index < -0.39 is 0 Å². The standard InChI is InChI=1S/C13H15N3O2S/c1-10-9-19-13(15-10)16-12(17)5-3-7-18-11-4-2-6-14-8-11/h2,4,6,8-9H,3,5,7H2,1H3,(H,15,16,17). The zero-order chi connectivity index (χ0) is 13.5. The lowest BCUT2D eigenvalue weighted by Crippen LogP contribution is -2.12. The van der Waals surface area contributed by atoms with Crippen molar-refractivity contribution in [2.75, 3.05) is 11.9 Å². The van der Waals surface area contributed by atoms with Gasteiger partial charge in [0.1, 0.15) is 5.75 Å². The molecule has 0 radical (unpaired) electrons. The second-order valence-electron chi connectivity index (χ2n) is 3.98. The Bertz CT molecular complexity index is 528. The Morgan fingerprint density at radius 2 is 2.42 bits per heavy atom. The van der Waals surface area contributed by atoms with E-state index in [-0.39, 0.29) is 5.91 Å². The van der Waals surface area contributed by atoms with Crippen molar-refractivity contribution in [3.05, 3.63) is 35.6 Å². The average molecular weight is 277 g/mol. The number of rotatable bonds is 6. The number of nitrogens with zero attached hydrogens (tertiary/aromatic N) is 2. The van der Waals surface area contributed by atoms with Crippen LogP contribution < -0.4 is 10.1 Å². The van der Waals surface area contributed by atoms with Gasteiger partial charge in [-0.2, -0.15) is 0 Å². The second kappa shape index (κ2) is 6.84. The van der Waals surface area contributed by atoms with Crippen LogP contribution in [0.3, 0.4) is 0 Å². The van der Waals surface area contributed by atoms with Crippen LogP contribution in [0, 0.1) is 6.92 Å². The summed E-state index contributed by atoms with van der Waals surface area (Å²) in [5.74, 6) is 0.683. The molecule has 0 spiro atoms. The number of carbonyl (C=O) groups excluding carboxylic acids is 1. The smallest absolute Gasteiger partial charge is 0.226 e. The molecule has 2 aromatic heterocycles. The Balaban J connectivity index is 1.64. The van der Waals surface area contributed by atoms with Crippen molar-refractivity contribution >= 4 is 22.4 Å². The number of ether oxygens (including phenoxy) is 1. The highest BCUT2D eigenvalue weighted by molar-refractivity contribution is 7.13. The maximum atomic E-state index is 11.6. The Morgan fingerprint density at radius 1 is 1.53 bits per heavy atom. The highest BCUT2D eigenvalue weighted by Gasteiger charge is 2.05. The van der Waals surface area contributed by atoms with E-state index in [0.29, 0.717) is 24.6 Å². The van der Waals surface area contributed by atoms with Gasteiger partial charge in [-0.25, -0.2) is 4.98 Å². The lowest BCUT2D eigenvalue weighted by Gasteiger charge is -2.05. The first-order chi connectivity index (χ1) is 9.24. The first-order valence-corrected chi connectivity index (χ1v) is 6.87. The van der Waals surface area contributed by atoms with Gasteiger partial charge in [-0.15, -0.1) is 11.3 Å². The summed E-state index contributed by atoms with van der Waals surface area (Å²) in [6.45, 7) is 2.39. The molecule has 0 aliphatic heterocycles. The molecule has 0 aliphatic rings. The van der Waals surface area contributed by atoms with Crippen LogP contribution in [0.2, 0.25) is 0 Å². The third kappa shape index (κ3) is 4.67. The minimum atomic E-state index is -0.0378. The second-order valence-corrected chi connectivity index (χ2v) is 4.84. The molecule has 100 valence electrons. The number of aromatic nitrogens is 2. The van der Waals surface area contributed by atoms with E-state index in [0.717, 1.165) is 11.4 Å². The van der Waals surface area contributed by atoms with Crippen molar-refractivity contribution in [2.24, 2.45) is 0 Å². The van der Waals surface area contributed by atoms with Crippen molar-refractivity contribution in [1.82, 2.24) is 9.97 Å². The van der Waals surface area contributed by atoms with Gasteiger partial charge in [-0.1, -0.05) is 0 Å². The van der Waals surface area contributed by atoms with Crippen LogP contribution >= 0.6 is 11.3 Å². The van der Waals surface area contributed by atoms with Crippen molar-refractivity contribution in [3.63, 3.8) is 0 Å². The Hall–Kier alpha value is -1.95. The van der Waals surface area contributed by atoms with Crippen LogP contribution in [0.25, 0.3) is 0 Å². The fraction of sp³-hybridized carbons (Fsp3) is 0.308. The number of hydrogen-bond donors (Lipinski definition) is 1. The van der Waals surface area contributed by atoms with Gasteiger partial charge in [0, 0.05) is 18.0 Å². The lowest BCUT2D eigenvalue weighted by atomic mass is 10.3. The summed E-state index contributed by atoms with van der Waals surface area (Å²) >= 11 is 1.43. The number of hydrogen-bond acceptors (Lipinski definition) is 5. The normalized spacial score (nSPS) is 10.2. The van der Waals surface area contributed by atoms with Crippen LogP contribution in [0.1, 0.15) is 18.5 Å². The number of anilines is 1. The van der Waals surface area contributed by atoms with E-state index in [2.05, 4.69) is 15.3 Å². The molecule has 2 aromatic rings. The molecule has 2 heterocycles. The summed E-state index contributed by atoms with van der Waals surface area (Å²) in [7, 11) is 0. The molecule has 2 rings (SSSR count). The lowest BCUT2D eigenvalue weighted by molar-refractivity contribution is -0.116. The number of thiazole rings is 1. The van der Waals surface area contributed by atoms with Crippen molar-refractivity contribution in [3.8, 4) is 5.75 Å². The van der Waals surface area contributed by atoms with Crippen molar-refractivity contribution in [2.45, 2.75) is 19.8 Å². The quantitative estimate of drug-likeness (QED) is 0.824. The van der Waals surface area contributed by atoms with E-state index >= 15 is 0 Å². The highest BCUT2D eigenvalue weighted by atomic mass is 32.1. The highest BCUT2D eigenvalue weighted by Crippen LogP contribution is 2.14. The molecule has 0 saturated heterocycles. The number of carbonyl (C=O) groups is 1. The van der Waals surface area contributed by atoms with Crippen LogP contribution in [0.5, 0.6) is 5.75 Å². The summed E-state index contributed by atoms with van der Waals surface area (Å²) in [6.07, 6.45) is 4.42. The van der Waals surface area contributed by atoms with E-state index in [9.17, 15) is 4.79 Å². The molecule has 0 aromatic carbocycles. The molecule has 0 saturated carbocycles. The van der Waals surface area contributed by atoms with Gasteiger partial charge in [0.05, 0.1) is 18.5 Å². The molecule has 5 nitrogen and oxygen atoms in total. The largest absolute Gasteiger partial charge is 0.492 e. The number of aryl methyl sites for hydroxylation is 1. The molecule has 0 unspecified atom stereocenters. The summed E-state index contributed by atoms with van der Waals surface area (Å²) < 4.78 is 5.46. The van der Waals surface area contributed by atoms with Gasteiger partial charge in [0.25, 0.3) is 0 Å². The van der Waals surface area contributed by atoms with Gasteiger partial charge in [0.15, 0.2) is 5.13 Å². The summed E-state index contributed by atoms with van der Waals surface area (Å²) in [4.78, 5) is 19.7. The van der Waals surface area contributed by atoms with Gasteiger partial charge in [-0.05, 0) is 25.5 Å². The summed E-state index contributed by atoms with van der Waals surface area (Å²) in [5.41, 5.74) is 0.917. The van der Waals surface area contributed by atoms with Gasteiger partial charge < -0.3 is 10.1 Å². The minimum absolute atomic E-state index is 0.0378. The molecule has 0 atom stereocenters. The summed E-state index contributed by atoms with van der Waals surface area (Å²) in [5, 5.41) is 5.31. The third-order valence-electron chi connectivity index (χ3n) is 2.32. The number of amides is 1. The van der Waals surface area contributed by atoms with Crippen molar-refractivity contribution in [1.29, 1.82) is 0 Å². The molecule has 1 N–H and O–H groups in total. The fourth-order valence-corrected chi connectivity index (χ4v) is 2.15. The van der Waals surface area contributed by atoms with Crippen LogP contribution in [-0.2, 0) is 4.79 Å². The maximum Gasteiger partial charge on any atom is 0.226 e. The summed E-state index contributed by atoms with van der Waals surface area (Å²) in [6, 6.07) is 3.65. The van der Waals surface area contributed by atoms with E-state index in [1.165, 1.54) is 11.3 Å². The van der Waals surface area contributed by atoms with Gasteiger partial charge in [0.2, 0.25) is 5.91 Å². The SMILES string of the molecule is Cc1csc(NC(=O)CCCOc2cccnc2)n1. The zero-order valence-corrected chi connectivity index (χ0v) is 11.4. The zero-order valence-electron chi connectivity index (χ0n) is 10.6. The Morgan fingerprint density at radius 3 is 3.11 bits per heavy atom. The molecular formula is C13H15N3O2S. The first-order valence-electron chi connectivity index (χ1n) is 5.99. The minimum Gasteiger partial charge on any atom is -0.492 e. The molecule has 1 amide bonds. The Labute approximate surface area is 115 Å². The molecule has 6 heteroatoms. The first kappa shape index (κ1) is 13.5. The van der Waals surface area contributed by atoms with Crippen LogP contribution in [-0.4, -0.2) is 22.5 Å². The molecule has 0 fully saturated rings. The van der Waals surface area contributed by atoms with Crippen molar-refractivity contribution < 1.29 is 9.53 Å². The predicted octanol–water partition coefficient (Wildman–Crippen LogP) is 2.64. The Kier molecular flexibility index (Phi) is 4.85. The third-order valence-corrected chi connectivity index (χ3v) is 3.19. The van der Waals surface area contributed by atoms with Crippen LogP contribution in [0.4, 0.5) is 5.13 Å². The molecule has 0 aliphatic carbocycles. The van der Waals surface area contributed by atoms with E-state index in [4.69, 9.17) is 4.74 Å². The van der Waals surface area contributed by atoms with E-state index in [1.54, 1.807) is 12.4 Å². The average Bonchev–Trinajstić information content (AvgIpc) is 2.81. The molecular weight excluding hydrogens is 262 g/mol. The van der Waals surface area contributed by atoms with Crippen LogP contribution in [0.15, 0.2) is 29.9 Å². The van der Waals surface area contributed by atoms with E-state index in [1.807, 2.05) is 24.4 Å². The monoisotopic (exact) mass is 277 g/mol. The van der Waals surface area contributed by atoms with Gasteiger partial charge >= 0.3 is 0 Å². The molecule has 19 heavy (non-hydrogen) atoms. The molecule has 0 bridgehead atoms. The topological polar surface area (TPSA) is 64.1 Å². The maximum absolute atomic E-state index is 11.6.